The maximum absolute atomic E-state index is 12.9. The molecule has 2 aromatic heterocycles. The Morgan fingerprint density at radius 2 is 2.16 bits per heavy atom. The minimum absolute atomic E-state index is 0.0675. The van der Waals surface area contributed by atoms with Crippen molar-refractivity contribution in [2.24, 2.45) is 0 Å². The number of nitrogens with two attached hydrogens (primary N) is 1. The first-order chi connectivity index (χ1) is 15.4. The first kappa shape index (κ1) is 22.2. The fourth-order valence-electron chi connectivity index (χ4n) is 3.28. The summed E-state index contributed by atoms with van der Waals surface area (Å²) in [4.78, 5) is 23.4. The van der Waals surface area contributed by atoms with Gasteiger partial charge in [0.1, 0.15) is 29.7 Å². The lowest BCUT2D eigenvalue weighted by atomic mass is 10.1. The maximum atomic E-state index is 12.9. The van der Waals surface area contributed by atoms with E-state index < -0.39 is 19.6 Å². The lowest BCUT2D eigenvalue weighted by Gasteiger charge is -2.29. The smallest absolute Gasteiger partial charge is 0.404 e. The molecule has 12 nitrogen and oxygen atoms in total. The summed E-state index contributed by atoms with van der Waals surface area (Å²) >= 11 is 0. The first-order valence-corrected chi connectivity index (χ1v) is 11.5. The molecule has 1 aliphatic rings. The van der Waals surface area contributed by atoms with Gasteiger partial charge in [0.05, 0.1) is 19.5 Å². The van der Waals surface area contributed by atoms with Crippen molar-refractivity contribution in [1.82, 2.24) is 24.8 Å². The SMILES string of the molecule is CN[C@@H](Cc1ccc(OP2(=O)CO[C@@H](Cn3cnc4c(N)ncnc43)CO2)cc1)C(=O)O. The number of fused-ring (bicyclic) bond motifs is 1. The number of nitrogens with one attached hydrogen (secondary N) is 1. The number of aliphatic carboxylic acids is 1. The molecule has 13 heteroatoms. The van der Waals surface area contributed by atoms with E-state index in [9.17, 15) is 9.36 Å². The van der Waals surface area contributed by atoms with Crippen molar-refractivity contribution in [2.75, 3.05) is 25.7 Å². The van der Waals surface area contributed by atoms with Gasteiger partial charge in [-0.3, -0.25) is 9.32 Å². The predicted molar refractivity (Wildman–Crippen MR) is 114 cm³/mol. The molecule has 1 aromatic carbocycles. The van der Waals surface area contributed by atoms with Crippen LogP contribution in [-0.2, 0) is 31.6 Å². The highest BCUT2D eigenvalue weighted by atomic mass is 31.2. The van der Waals surface area contributed by atoms with Gasteiger partial charge in [-0.25, -0.2) is 19.5 Å². The maximum Gasteiger partial charge on any atom is 0.404 e. The fourth-order valence-corrected chi connectivity index (χ4v) is 4.69. The summed E-state index contributed by atoms with van der Waals surface area (Å²) in [6, 6.07) is 6.00. The van der Waals surface area contributed by atoms with E-state index >= 15 is 0 Å². The van der Waals surface area contributed by atoms with Crippen molar-refractivity contribution in [3.63, 3.8) is 0 Å². The number of ether oxygens (including phenoxy) is 1. The third kappa shape index (κ3) is 4.89. The van der Waals surface area contributed by atoms with Gasteiger partial charge in [-0.05, 0) is 31.2 Å². The number of carboxylic acid groups (broad SMARTS) is 1. The van der Waals surface area contributed by atoms with Gasteiger partial charge < -0.3 is 30.0 Å². The topological polar surface area (TPSA) is 164 Å². The zero-order valence-electron chi connectivity index (χ0n) is 17.2. The molecule has 1 unspecified atom stereocenters. The molecule has 1 aliphatic heterocycles. The first-order valence-electron chi connectivity index (χ1n) is 9.82. The molecule has 0 amide bonds. The number of nitrogens with zero attached hydrogens (tertiary/aromatic N) is 4. The Morgan fingerprint density at radius 1 is 1.38 bits per heavy atom. The van der Waals surface area contributed by atoms with E-state index in [-0.39, 0.29) is 19.1 Å². The number of benzene rings is 1. The molecule has 0 saturated carbocycles. The summed E-state index contributed by atoms with van der Waals surface area (Å²) in [5, 5.41) is 11.9. The average molecular weight is 462 g/mol. The molecular formula is C19H23N6O6P. The highest BCUT2D eigenvalue weighted by molar-refractivity contribution is 7.54. The second-order valence-electron chi connectivity index (χ2n) is 7.27. The number of imidazole rings is 1. The minimum atomic E-state index is -3.48. The number of hydrogen-bond acceptors (Lipinski definition) is 10. The minimum Gasteiger partial charge on any atom is -0.480 e. The Hall–Kier alpha value is -3.05. The molecule has 0 aliphatic carbocycles. The van der Waals surface area contributed by atoms with E-state index in [4.69, 9.17) is 24.6 Å². The molecule has 1 fully saturated rings. The fraction of sp³-hybridized carbons (Fsp3) is 0.368. The van der Waals surface area contributed by atoms with E-state index in [1.165, 1.54) is 6.33 Å². The highest BCUT2D eigenvalue weighted by Gasteiger charge is 2.35. The summed E-state index contributed by atoms with van der Waals surface area (Å²) in [6.07, 6.45) is 2.69. The Labute approximate surface area is 183 Å². The molecular weight excluding hydrogens is 439 g/mol. The molecule has 3 heterocycles. The zero-order valence-corrected chi connectivity index (χ0v) is 18.1. The Bertz CT molecular complexity index is 1140. The lowest BCUT2D eigenvalue weighted by Crippen LogP contribution is -2.35. The normalized spacial score (nSPS) is 22.0. The van der Waals surface area contributed by atoms with Crippen LogP contribution < -0.4 is 15.6 Å². The molecule has 170 valence electrons. The second-order valence-corrected chi connectivity index (χ2v) is 9.19. The lowest BCUT2D eigenvalue weighted by molar-refractivity contribution is -0.139. The van der Waals surface area contributed by atoms with Crippen LogP contribution in [0.5, 0.6) is 5.75 Å². The van der Waals surface area contributed by atoms with Gasteiger partial charge in [-0.1, -0.05) is 12.1 Å². The largest absolute Gasteiger partial charge is 0.480 e. The summed E-state index contributed by atoms with van der Waals surface area (Å²) in [6.45, 7) is 0.454. The number of rotatable bonds is 8. The monoisotopic (exact) mass is 462 g/mol. The molecule has 4 N–H and O–H groups in total. The van der Waals surface area contributed by atoms with Crippen LogP contribution in [0.15, 0.2) is 36.9 Å². The van der Waals surface area contributed by atoms with Gasteiger partial charge in [-0.2, -0.15) is 0 Å². The van der Waals surface area contributed by atoms with Crippen LogP contribution in [-0.4, -0.2) is 62.7 Å². The molecule has 4 rings (SSSR count). The predicted octanol–water partition coefficient (Wildman–Crippen LogP) is 1.27. The van der Waals surface area contributed by atoms with E-state index in [2.05, 4.69) is 20.3 Å². The Morgan fingerprint density at radius 3 is 2.81 bits per heavy atom. The Kier molecular flexibility index (Phi) is 6.38. The van der Waals surface area contributed by atoms with Gasteiger partial charge in [0.2, 0.25) is 0 Å². The molecule has 1 saturated heterocycles. The molecule has 32 heavy (non-hydrogen) atoms. The van der Waals surface area contributed by atoms with Crippen molar-refractivity contribution < 1.29 is 28.3 Å². The van der Waals surface area contributed by atoms with Crippen LogP contribution >= 0.6 is 7.60 Å². The number of carbonyl (C=O) groups is 1. The van der Waals surface area contributed by atoms with Gasteiger partial charge in [0.15, 0.2) is 17.8 Å². The number of nitrogen functional groups attached to an aromatic ring is 1. The van der Waals surface area contributed by atoms with Crippen LogP contribution in [0.25, 0.3) is 11.2 Å². The molecule has 3 atom stereocenters. The van der Waals surface area contributed by atoms with Crippen molar-refractivity contribution in [2.45, 2.75) is 25.1 Å². The molecule has 0 bridgehead atoms. The summed E-state index contributed by atoms with van der Waals surface area (Å²) in [7, 11) is -1.89. The number of anilines is 1. The van der Waals surface area contributed by atoms with Gasteiger partial charge in [-0.15, -0.1) is 0 Å². The van der Waals surface area contributed by atoms with Crippen LogP contribution in [0.3, 0.4) is 0 Å². The van der Waals surface area contributed by atoms with Crippen LogP contribution in [0, 0.1) is 0 Å². The van der Waals surface area contributed by atoms with E-state index in [0.29, 0.717) is 35.7 Å². The summed E-state index contributed by atoms with van der Waals surface area (Å²) in [5.41, 5.74) is 7.68. The van der Waals surface area contributed by atoms with Crippen molar-refractivity contribution in [3.8, 4) is 5.75 Å². The van der Waals surface area contributed by atoms with Gasteiger partial charge >= 0.3 is 13.6 Å². The van der Waals surface area contributed by atoms with E-state index in [1.807, 2.05) is 0 Å². The van der Waals surface area contributed by atoms with Crippen LogP contribution in [0.4, 0.5) is 5.82 Å². The molecule has 3 aromatic rings. The second kappa shape index (κ2) is 9.21. The van der Waals surface area contributed by atoms with Crippen LogP contribution in [0.1, 0.15) is 5.56 Å². The summed E-state index contributed by atoms with van der Waals surface area (Å²) in [5.74, 6) is -0.287. The molecule has 0 radical (unpaired) electrons. The third-order valence-corrected chi connectivity index (χ3v) is 6.51. The van der Waals surface area contributed by atoms with Gasteiger partial charge in [0, 0.05) is 0 Å². The third-order valence-electron chi connectivity index (χ3n) is 5.01. The van der Waals surface area contributed by atoms with Crippen molar-refractivity contribution in [3.05, 3.63) is 42.5 Å². The molecule has 0 spiro atoms. The number of carboxylic acids is 1. The van der Waals surface area contributed by atoms with E-state index in [1.54, 1.807) is 42.2 Å². The van der Waals surface area contributed by atoms with Crippen molar-refractivity contribution >= 4 is 30.5 Å². The standard InChI is InChI=1S/C19H23N6O6P/c1-21-15(19(26)27)6-12-2-4-13(5-3-12)31-32(28)11-29-14(8-30-32)7-25-10-24-16-17(20)22-9-23-18(16)25/h2-5,9-10,14-15,21H,6-8,11H2,1H3,(H,26,27)(H2,20,22,23)/t14-,15-,32?/m0/s1. The summed E-state index contributed by atoms with van der Waals surface area (Å²) < 4.78 is 31.5. The highest BCUT2D eigenvalue weighted by Crippen LogP contribution is 2.50. The van der Waals surface area contributed by atoms with Crippen molar-refractivity contribution in [1.29, 1.82) is 0 Å². The van der Waals surface area contributed by atoms with E-state index in [0.717, 1.165) is 5.56 Å². The number of likely N-dealkylation sites (N-methyl/N-ethyl adjacent to an activating group) is 1. The van der Waals surface area contributed by atoms with Crippen LogP contribution in [0.2, 0.25) is 0 Å². The zero-order chi connectivity index (χ0) is 22.7. The number of aromatic nitrogens is 4. The quantitative estimate of drug-likeness (QED) is 0.413. The Balaban J connectivity index is 1.33. The number of hydrogen-bond donors (Lipinski definition) is 3. The average Bonchev–Trinajstić information content (AvgIpc) is 3.19. The van der Waals surface area contributed by atoms with Gasteiger partial charge in [0.25, 0.3) is 0 Å².